The molecule has 0 N–H and O–H groups in total. The molecule has 0 spiro atoms. The van der Waals surface area contributed by atoms with Crippen LogP contribution in [-0.2, 0) is 11.3 Å². The lowest BCUT2D eigenvalue weighted by molar-refractivity contribution is -0.131. The topological polar surface area (TPSA) is 45.7 Å². The van der Waals surface area contributed by atoms with Crippen molar-refractivity contribution in [2.45, 2.75) is 6.54 Å². The molecule has 0 bridgehead atoms. The normalized spacial score (nSPS) is 15.0. The van der Waals surface area contributed by atoms with E-state index in [1.54, 1.807) is 23.0 Å². The molecular formula is C17H18FN3O2. The van der Waals surface area contributed by atoms with Crippen molar-refractivity contribution in [1.82, 2.24) is 9.88 Å². The van der Waals surface area contributed by atoms with Crippen LogP contribution < -0.4 is 9.64 Å². The van der Waals surface area contributed by atoms with E-state index in [0.29, 0.717) is 25.3 Å². The molecule has 0 radical (unpaired) electrons. The van der Waals surface area contributed by atoms with E-state index in [-0.39, 0.29) is 12.5 Å². The molecular weight excluding hydrogens is 297 g/mol. The number of hydrogen-bond acceptors (Lipinski definition) is 4. The Morgan fingerprint density at radius 2 is 2.17 bits per heavy atom. The van der Waals surface area contributed by atoms with Crippen LogP contribution in [0.1, 0.15) is 5.56 Å². The number of carbonyl (C=O) groups is 1. The van der Waals surface area contributed by atoms with E-state index in [0.717, 1.165) is 11.3 Å². The zero-order valence-electron chi connectivity index (χ0n) is 12.9. The van der Waals surface area contributed by atoms with Crippen LogP contribution in [0.15, 0.2) is 42.7 Å². The number of carbonyl (C=O) groups excluding carboxylic acids is 1. The summed E-state index contributed by atoms with van der Waals surface area (Å²) < 4.78 is 19.0. The molecule has 1 amide bonds. The van der Waals surface area contributed by atoms with Crippen LogP contribution in [-0.4, -0.2) is 42.5 Å². The first-order valence-electron chi connectivity index (χ1n) is 7.42. The molecule has 0 atom stereocenters. The van der Waals surface area contributed by atoms with Gasteiger partial charge in [-0.3, -0.25) is 9.78 Å². The van der Waals surface area contributed by atoms with Gasteiger partial charge in [0.15, 0.2) is 5.82 Å². The number of ether oxygens (including phenoxy) is 1. The van der Waals surface area contributed by atoms with Gasteiger partial charge in [0.1, 0.15) is 5.75 Å². The number of methoxy groups -OCH3 is 1. The van der Waals surface area contributed by atoms with Gasteiger partial charge >= 0.3 is 0 Å². The van der Waals surface area contributed by atoms with Gasteiger partial charge in [-0.2, -0.15) is 0 Å². The van der Waals surface area contributed by atoms with Crippen molar-refractivity contribution in [3.63, 3.8) is 0 Å². The Morgan fingerprint density at radius 1 is 1.30 bits per heavy atom. The van der Waals surface area contributed by atoms with Crippen molar-refractivity contribution >= 4 is 11.6 Å². The maximum absolute atomic E-state index is 13.8. The number of amides is 1. The molecule has 0 saturated carbocycles. The van der Waals surface area contributed by atoms with Gasteiger partial charge in [-0.25, -0.2) is 4.39 Å². The minimum absolute atomic E-state index is 0.0183. The number of piperazine rings is 1. The first-order chi connectivity index (χ1) is 11.2. The number of pyridine rings is 1. The summed E-state index contributed by atoms with van der Waals surface area (Å²) in [6, 6.07) is 9.25. The largest absolute Gasteiger partial charge is 0.497 e. The summed E-state index contributed by atoms with van der Waals surface area (Å²) in [6.45, 7) is 1.85. The molecule has 120 valence electrons. The van der Waals surface area contributed by atoms with Crippen molar-refractivity contribution in [3.05, 3.63) is 54.1 Å². The van der Waals surface area contributed by atoms with E-state index >= 15 is 0 Å². The molecule has 1 aromatic heterocycles. The predicted octanol–water partition coefficient (Wildman–Crippen LogP) is 2.08. The number of nitrogens with zero attached hydrogens (tertiary/aromatic N) is 3. The summed E-state index contributed by atoms with van der Waals surface area (Å²) in [4.78, 5) is 19.6. The smallest absolute Gasteiger partial charge is 0.242 e. The van der Waals surface area contributed by atoms with Crippen LogP contribution in [0, 0.1) is 5.82 Å². The van der Waals surface area contributed by atoms with Crippen LogP contribution in [0.2, 0.25) is 0 Å². The molecule has 6 heteroatoms. The molecule has 2 aromatic rings. The van der Waals surface area contributed by atoms with Crippen LogP contribution in [0.4, 0.5) is 10.1 Å². The summed E-state index contributed by atoms with van der Waals surface area (Å²) >= 11 is 0. The number of anilines is 1. The highest BCUT2D eigenvalue weighted by Gasteiger charge is 2.25. The Hall–Kier alpha value is -2.63. The standard InChI is InChI=1S/C17H18FN3O2/c1-23-14-4-2-3-13(9-14)11-21-8-7-20(12-17(21)22)16-5-6-19-10-15(16)18/h2-6,9-10H,7-8,11-12H2,1H3. The quantitative estimate of drug-likeness (QED) is 0.866. The molecule has 23 heavy (non-hydrogen) atoms. The van der Waals surface area contributed by atoms with Crippen LogP contribution >= 0.6 is 0 Å². The van der Waals surface area contributed by atoms with Gasteiger partial charge in [0.05, 0.1) is 25.5 Å². The molecule has 5 nitrogen and oxygen atoms in total. The van der Waals surface area contributed by atoms with Gasteiger partial charge in [0, 0.05) is 25.8 Å². The SMILES string of the molecule is COc1cccc(CN2CCN(c3ccncc3F)CC2=O)c1. The lowest BCUT2D eigenvalue weighted by Gasteiger charge is -2.35. The van der Waals surface area contributed by atoms with Crippen molar-refractivity contribution in [2.75, 3.05) is 31.6 Å². The Kier molecular flexibility index (Phi) is 4.41. The Balaban J connectivity index is 1.67. The Labute approximate surface area is 134 Å². The summed E-state index contributed by atoms with van der Waals surface area (Å²) in [5.41, 5.74) is 1.44. The molecule has 1 fully saturated rings. The lowest BCUT2D eigenvalue weighted by Crippen LogP contribution is -2.50. The van der Waals surface area contributed by atoms with E-state index in [9.17, 15) is 9.18 Å². The van der Waals surface area contributed by atoms with Crippen molar-refractivity contribution in [3.8, 4) is 5.75 Å². The van der Waals surface area contributed by atoms with E-state index in [1.807, 2.05) is 24.3 Å². The summed E-state index contributed by atoms with van der Waals surface area (Å²) in [6.07, 6.45) is 2.70. The molecule has 1 aliphatic rings. The van der Waals surface area contributed by atoms with E-state index in [2.05, 4.69) is 4.98 Å². The third kappa shape index (κ3) is 3.41. The second-order valence-corrected chi connectivity index (χ2v) is 5.42. The van der Waals surface area contributed by atoms with Gasteiger partial charge in [0.25, 0.3) is 0 Å². The monoisotopic (exact) mass is 315 g/mol. The minimum Gasteiger partial charge on any atom is -0.497 e. The number of rotatable bonds is 4. The van der Waals surface area contributed by atoms with Gasteiger partial charge in [0.2, 0.25) is 5.91 Å². The number of benzene rings is 1. The molecule has 1 saturated heterocycles. The number of aromatic nitrogens is 1. The summed E-state index contributed by atoms with van der Waals surface area (Å²) in [5, 5.41) is 0. The van der Waals surface area contributed by atoms with E-state index in [4.69, 9.17) is 4.74 Å². The second kappa shape index (κ2) is 6.64. The molecule has 0 aliphatic carbocycles. The molecule has 3 rings (SSSR count). The van der Waals surface area contributed by atoms with Gasteiger partial charge in [-0.15, -0.1) is 0 Å². The molecule has 1 aromatic carbocycles. The fourth-order valence-electron chi connectivity index (χ4n) is 2.70. The molecule has 1 aliphatic heterocycles. The molecule has 0 unspecified atom stereocenters. The second-order valence-electron chi connectivity index (χ2n) is 5.42. The average Bonchev–Trinajstić information content (AvgIpc) is 2.57. The summed E-state index contributed by atoms with van der Waals surface area (Å²) in [7, 11) is 1.62. The average molecular weight is 315 g/mol. The van der Waals surface area contributed by atoms with Crippen LogP contribution in [0.5, 0.6) is 5.75 Å². The van der Waals surface area contributed by atoms with Crippen LogP contribution in [0.25, 0.3) is 0 Å². The fourth-order valence-corrected chi connectivity index (χ4v) is 2.70. The van der Waals surface area contributed by atoms with Gasteiger partial charge in [-0.05, 0) is 23.8 Å². The zero-order chi connectivity index (χ0) is 16.2. The van der Waals surface area contributed by atoms with Gasteiger partial charge in [-0.1, -0.05) is 12.1 Å². The maximum Gasteiger partial charge on any atom is 0.242 e. The van der Waals surface area contributed by atoms with E-state index < -0.39 is 5.82 Å². The predicted molar refractivity (Wildman–Crippen MR) is 84.8 cm³/mol. The third-order valence-corrected chi connectivity index (χ3v) is 3.92. The third-order valence-electron chi connectivity index (χ3n) is 3.92. The zero-order valence-corrected chi connectivity index (χ0v) is 12.9. The van der Waals surface area contributed by atoms with Crippen molar-refractivity contribution in [1.29, 1.82) is 0 Å². The minimum atomic E-state index is -0.401. The first-order valence-corrected chi connectivity index (χ1v) is 7.42. The lowest BCUT2D eigenvalue weighted by atomic mass is 10.1. The van der Waals surface area contributed by atoms with Crippen molar-refractivity contribution < 1.29 is 13.9 Å². The first kappa shape index (κ1) is 15.3. The maximum atomic E-state index is 13.8. The fraction of sp³-hybridized carbons (Fsp3) is 0.294. The van der Waals surface area contributed by atoms with Crippen molar-refractivity contribution in [2.24, 2.45) is 0 Å². The number of halogens is 1. The Morgan fingerprint density at radius 3 is 2.91 bits per heavy atom. The van der Waals surface area contributed by atoms with Gasteiger partial charge < -0.3 is 14.5 Å². The number of hydrogen-bond donors (Lipinski definition) is 0. The van der Waals surface area contributed by atoms with E-state index in [1.165, 1.54) is 12.4 Å². The summed E-state index contributed by atoms with van der Waals surface area (Å²) in [5.74, 6) is 0.351. The highest BCUT2D eigenvalue weighted by atomic mass is 19.1. The molecule has 2 heterocycles. The highest BCUT2D eigenvalue weighted by Crippen LogP contribution is 2.21. The van der Waals surface area contributed by atoms with Crippen LogP contribution in [0.3, 0.4) is 0 Å². The Bertz CT molecular complexity index is 708. The highest BCUT2D eigenvalue weighted by molar-refractivity contribution is 5.82.